The lowest BCUT2D eigenvalue weighted by Gasteiger charge is -2.43. The Morgan fingerprint density at radius 1 is 0.531 bits per heavy atom. The van der Waals surface area contributed by atoms with E-state index in [2.05, 4.69) is 222 Å². The number of nitrogens with zero attached hydrogens (tertiary/aromatic N) is 2. The van der Waals surface area contributed by atoms with Crippen molar-refractivity contribution in [3.8, 4) is 22.3 Å². The van der Waals surface area contributed by atoms with Crippen molar-refractivity contribution in [2.75, 3.05) is 9.80 Å². The highest BCUT2D eigenvalue weighted by molar-refractivity contribution is 7.33. The molecule has 0 radical (unpaired) electrons. The van der Waals surface area contributed by atoms with Crippen LogP contribution in [0.3, 0.4) is 0 Å². The molecule has 4 aliphatic rings. The van der Waals surface area contributed by atoms with Crippen molar-refractivity contribution in [2.45, 2.75) is 65.2 Å². The molecule has 4 heteroatoms. The third-order valence-electron chi connectivity index (χ3n) is 14.9. The van der Waals surface area contributed by atoms with Crippen LogP contribution in [-0.2, 0) is 10.8 Å². The monoisotopic (exact) mass is 840 g/mol. The molecule has 1 aromatic heterocycles. The standard InChI is InChI=1S/C60H49BN2S/c1-35(2)38-21-25-41(26-22-38)63-54-32-37(4)31-53-56(54)61(51-18-12-13-19-52(51)62(53)40-27-23-39(24-28-40)59(5,6)7)58-57(63)46-33-50-45(34-55(46)64-58)44-29-20-36(3)30-49(44)60(50)47-16-10-8-14-42(47)43-15-9-11-17-48(43)60/h8-35H,1-7H3. The molecule has 2 aliphatic heterocycles. The summed E-state index contributed by atoms with van der Waals surface area (Å²) in [6.45, 7) is 16.1. The second-order valence-electron chi connectivity index (χ2n) is 20.0. The van der Waals surface area contributed by atoms with E-state index in [0.717, 1.165) is 0 Å². The Hall–Kier alpha value is -6.62. The summed E-state index contributed by atoms with van der Waals surface area (Å²) in [6, 6.07) is 63.6. The van der Waals surface area contributed by atoms with Crippen molar-refractivity contribution < 1.29 is 0 Å². The van der Waals surface area contributed by atoms with Crippen LogP contribution in [0.2, 0.25) is 0 Å². The molecule has 8 aromatic carbocycles. The lowest BCUT2D eigenvalue weighted by Crippen LogP contribution is -2.60. The molecule has 2 nitrogen and oxygen atoms in total. The first-order valence-electron chi connectivity index (χ1n) is 23.0. The lowest BCUT2D eigenvalue weighted by atomic mass is 9.36. The fraction of sp³-hybridized carbons (Fsp3) is 0.167. The largest absolute Gasteiger partial charge is 0.311 e. The molecule has 0 N–H and O–H groups in total. The Morgan fingerprint density at radius 2 is 1.12 bits per heavy atom. The van der Waals surface area contributed by atoms with Gasteiger partial charge in [-0.2, -0.15) is 0 Å². The van der Waals surface area contributed by atoms with E-state index in [1.165, 1.54) is 127 Å². The molecule has 1 spiro atoms. The molecule has 0 saturated carbocycles. The maximum Gasteiger partial charge on any atom is 0.264 e. The van der Waals surface area contributed by atoms with E-state index in [0.29, 0.717) is 5.92 Å². The summed E-state index contributed by atoms with van der Waals surface area (Å²) in [6.07, 6.45) is 0. The number of thiophene rings is 1. The van der Waals surface area contributed by atoms with Gasteiger partial charge in [-0.1, -0.05) is 149 Å². The summed E-state index contributed by atoms with van der Waals surface area (Å²) >= 11 is 2.00. The van der Waals surface area contributed by atoms with Crippen molar-refractivity contribution in [2.24, 2.45) is 0 Å². The second kappa shape index (κ2) is 13.2. The van der Waals surface area contributed by atoms with Gasteiger partial charge in [0.15, 0.2) is 0 Å². The van der Waals surface area contributed by atoms with Crippen LogP contribution < -0.4 is 25.5 Å². The van der Waals surface area contributed by atoms with E-state index >= 15 is 0 Å². The first-order chi connectivity index (χ1) is 31.0. The number of hydrogen-bond donors (Lipinski definition) is 0. The zero-order chi connectivity index (χ0) is 43.4. The summed E-state index contributed by atoms with van der Waals surface area (Å²) < 4.78 is 2.74. The van der Waals surface area contributed by atoms with Crippen LogP contribution in [0.4, 0.5) is 34.1 Å². The van der Waals surface area contributed by atoms with E-state index in [-0.39, 0.29) is 12.1 Å². The summed E-state index contributed by atoms with van der Waals surface area (Å²) in [5.74, 6) is 0.444. The fourth-order valence-electron chi connectivity index (χ4n) is 12.0. The van der Waals surface area contributed by atoms with Gasteiger partial charge in [-0.15, -0.1) is 11.3 Å². The molecule has 0 atom stereocenters. The first-order valence-corrected chi connectivity index (χ1v) is 23.8. The summed E-state index contributed by atoms with van der Waals surface area (Å²) in [5, 5.41) is 1.32. The molecule has 0 saturated heterocycles. The number of anilines is 6. The zero-order valence-electron chi connectivity index (χ0n) is 37.5. The zero-order valence-corrected chi connectivity index (χ0v) is 38.4. The number of rotatable bonds is 3. The molecule has 64 heavy (non-hydrogen) atoms. The van der Waals surface area contributed by atoms with Crippen LogP contribution in [-0.4, -0.2) is 6.71 Å². The third-order valence-corrected chi connectivity index (χ3v) is 16.1. The third kappa shape index (κ3) is 4.98. The summed E-state index contributed by atoms with van der Waals surface area (Å²) in [4.78, 5) is 5.17. The lowest BCUT2D eigenvalue weighted by molar-refractivity contribution is 0.590. The van der Waals surface area contributed by atoms with Gasteiger partial charge in [0.05, 0.1) is 11.1 Å². The molecule has 0 amide bonds. The van der Waals surface area contributed by atoms with Gasteiger partial charge in [0.2, 0.25) is 0 Å². The van der Waals surface area contributed by atoms with Gasteiger partial charge < -0.3 is 9.80 Å². The molecule has 9 aromatic rings. The van der Waals surface area contributed by atoms with Crippen LogP contribution in [0.15, 0.2) is 164 Å². The summed E-state index contributed by atoms with van der Waals surface area (Å²) in [5.41, 5.74) is 26.0. The molecule has 3 heterocycles. The number of fused-ring (bicyclic) bond motifs is 16. The predicted octanol–water partition coefficient (Wildman–Crippen LogP) is 14.4. The minimum atomic E-state index is -0.423. The van der Waals surface area contributed by atoms with Crippen molar-refractivity contribution in [3.05, 3.63) is 208 Å². The van der Waals surface area contributed by atoms with Gasteiger partial charge in [-0.3, -0.25) is 0 Å². The number of hydrogen-bond acceptors (Lipinski definition) is 3. The topological polar surface area (TPSA) is 6.48 Å². The van der Waals surface area contributed by atoms with E-state index in [1.54, 1.807) is 0 Å². The van der Waals surface area contributed by atoms with E-state index < -0.39 is 5.41 Å². The molecule has 0 bridgehead atoms. The fourth-order valence-corrected chi connectivity index (χ4v) is 13.3. The minimum absolute atomic E-state index is 0.0668. The highest BCUT2D eigenvalue weighted by Gasteiger charge is 2.53. The van der Waals surface area contributed by atoms with Gasteiger partial charge in [-0.25, -0.2) is 0 Å². The van der Waals surface area contributed by atoms with Crippen LogP contribution in [0.1, 0.15) is 85.0 Å². The highest BCUT2D eigenvalue weighted by Crippen LogP contribution is 2.64. The predicted molar refractivity (Wildman–Crippen MR) is 274 cm³/mol. The Balaban J connectivity index is 1.13. The number of aryl methyl sites for hydroxylation is 2. The van der Waals surface area contributed by atoms with E-state index in [1.807, 2.05) is 11.3 Å². The second-order valence-corrected chi connectivity index (χ2v) is 21.1. The average molecular weight is 841 g/mol. The normalized spacial score (nSPS) is 14.7. The Morgan fingerprint density at radius 3 is 1.81 bits per heavy atom. The molecular formula is C60H49BN2S. The molecule has 2 aliphatic carbocycles. The van der Waals surface area contributed by atoms with Crippen LogP contribution >= 0.6 is 11.3 Å². The molecule has 0 unspecified atom stereocenters. The Bertz CT molecular complexity index is 3390. The minimum Gasteiger partial charge on any atom is -0.311 e. The SMILES string of the molecule is Cc1cc2c3c(c1)N(c1ccc(C(C)C)cc1)c1c(sc4cc5c(cc14)C1(c4ccccc4-c4ccccc41)c1cc(C)ccc1-5)B3c1ccccc1N2c1ccc(C(C)(C)C)cc1. The number of para-hydroxylation sites is 1. The summed E-state index contributed by atoms with van der Waals surface area (Å²) in [7, 11) is 0. The first kappa shape index (κ1) is 37.9. The van der Waals surface area contributed by atoms with E-state index in [4.69, 9.17) is 0 Å². The average Bonchev–Trinajstić information content (AvgIpc) is 3.91. The van der Waals surface area contributed by atoms with Crippen molar-refractivity contribution in [1.29, 1.82) is 0 Å². The smallest absolute Gasteiger partial charge is 0.264 e. The molecular weight excluding hydrogens is 792 g/mol. The van der Waals surface area contributed by atoms with Crippen LogP contribution in [0.5, 0.6) is 0 Å². The maximum atomic E-state index is 2.64. The van der Waals surface area contributed by atoms with Crippen molar-refractivity contribution in [3.63, 3.8) is 0 Å². The van der Waals surface area contributed by atoms with Crippen molar-refractivity contribution >= 4 is 78.0 Å². The van der Waals surface area contributed by atoms with Crippen LogP contribution in [0, 0.1) is 13.8 Å². The number of benzene rings is 8. The quantitative estimate of drug-likeness (QED) is 0.164. The van der Waals surface area contributed by atoms with Gasteiger partial charge >= 0.3 is 0 Å². The molecule has 0 fully saturated rings. The maximum absolute atomic E-state index is 2.64. The van der Waals surface area contributed by atoms with Gasteiger partial charge in [0.1, 0.15) is 0 Å². The van der Waals surface area contributed by atoms with Gasteiger partial charge in [-0.05, 0) is 152 Å². The Kier molecular flexibility index (Phi) is 7.83. The molecule has 308 valence electrons. The van der Waals surface area contributed by atoms with E-state index in [9.17, 15) is 0 Å². The van der Waals surface area contributed by atoms with Gasteiger partial charge in [0.25, 0.3) is 6.71 Å². The van der Waals surface area contributed by atoms with Crippen LogP contribution in [0.25, 0.3) is 32.3 Å². The molecule has 13 rings (SSSR count). The van der Waals surface area contributed by atoms with Gasteiger partial charge in [0, 0.05) is 43.3 Å². The Labute approximate surface area is 381 Å². The highest BCUT2D eigenvalue weighted by atomic mass is 32.1. The van der Waals surface area contributed by atoms with Crippen molar-refractivity contribution in [1.82, 2.24) is 0 Å².